The van der Waals surface area contributed by atoms with Crippen molar-refractivity contribution in [3.05, 3.63) is 46.7 Å². The van der Waals surface area contributed by atoms with Crippen LogP contribution in [-0.2, 0) is 0 Å². The van der Waals surface area contributed by atoms with E-state index in [1.807, 2.05) is 0 Å². The van der Waals surface area contributed by atoms with Crippen molar-refractivity contribution < 1.29 is 9.18 Å². The summed E-state index contributed by atoms with van der Waals surface area (Å²) in [5, 5.41) is 0. The lowest BCUT2D eigenvalue weighted by molar-refractivity contribution is 0.111. The van der Waals surface area contributed by atoms with Crippen LogP contribution in [0.5, 0.6) is 0 Å². The number of aldehydes is 1. The van der Waals surface area contributed by atoms with Gasteiger partial charge in [-0.2, -0.15) is 0 Å². The molecule has 0 saturated carbocycles. The van der Waals surface area contributed by atoms with Crippen molar-refractivity contribution in [3.63, 3.8) is 0 Å². The van der Waals surface area contributed by atoms with Crippen molar-refractivity contribution in [3.8, 4) is 5.69 Å². The fraction of sp³-hybridized carbons (Fsp3) is 0. The zero-order chi connectivity index (χ0) is 10.8. The number of benzene rings is 1. The first-order valence-corrected chi connectivity index (χ1v) is 4.96. The molecule has 1 aromatic heterocycles. The number of halogens is 2. The fourth-order valence-corrected chi connectivity index (χ4v) is 1.79. The zero-order valence-electron chi connectivity index (χ0n) is 7.52. The largest absolute Gasteiger partial charge is 0.294 e. The molecule has 0 aliphatic carbocycles. The highest BCUT2D eigenvalue weighted by molar-refractivity contribution is 9.10. The molecule has 15 heavy (non-hydrogen) atoms. The second-order valence-electron chi connectivity index (χ2n) is 2.87. The lowest BCUT2D eigenvalue weighted by Gasteiger charge is -2.05. The maximum Gasteiger partial charge on any atom is 0.185 e. The molecule has 0 atom stereocenters. The summed E-state index contributed by atoms with van der Waals surface area (Å²) in [6.07, 6.45) is 2.12. The Kier molecular flexibility index (Phi) is 2.64. The monoisotopic (exact) mass is 268 g/mol. The highest BCUT2D eigenvalue weighted by Gasteiger charge is 2.09. The molecular formula is C10H6BrFN2O. The van der Waals surface area contributed by atoms with E-state index in [1.54, 1.807) is 12.1 Å². The molecule has 0 spiro atoms. The second kappa shape index (κ2) is 3.94. The molecule has 0 amide bonds. The Morgan fingerprint density at radius 3 is 2.93 bits per heavy atom. The molecule has 0 radical (unpaired) electrons. The van der Waals surface area contributed by atoms with Crippen LogP contribution in [0.4, 0.5) is 4.39 Å². The Morgan fingerprint density at radius 1 is 1.47 bits per heavy atom. The lowest BCUT2D eigenvalue weighted by Crippen LogP contribution is -2.00. The second-order valence-corrected chi connectivity index (χ2v) is 3.68. The van der Waals surface area contributed by atoms with E-state index in [9.17, 15) is 9.18 Å². The average Bonchev–Trinajstić information content (AvgIpc) is 2.59. The minimum absolute atomic E-state index is 0.229. The van der Waals surface area contributed by atoms with Gasteiger partial charge in [-0.15, -0.1) is 0 Å². The molecule has 0 aliphatic heterocycles. The summed E-state index contributed by atoms with van der Waals surface area (Å²) in [4.78, 5) is 14.6. The van der Waals surface area contributed by atoms with E-state index in [0.29, 0.717) is 16.6 Å². The van der Waals surface area contributed by atoms with Crippen LogP contribution in [0.1, 0.15) is 10.6 Å². The van der Waals surface area contributed by atoms with E-state index < -0.39 is 0 Å². The van der Waals surface area contributed by atoms with Gasteiger partial charge >= 0.3 is 0 Å². The fourth-order valence-electron chi connectivity index (χ4n) is 1.30. The lowest BCUT2D eigenvalue weighted by atomic mass is 10.3. The van der Waals surface area contributed by atoms with Crippen LogP contribution in [-0.4, -0.2) is 15.8 Å². The third-order valence-corrected chi connectivity index (χ3v) is 2.48. The van der Waals surface area contributed by atoms with Gasteiger partial charge in [0.1, 0.15) is 10.4 Å². The minimum atomic E-state index is -0.357. The van der Waals surface area contributed by atoms with Crippen LogP contribution < -0.4 is 0 Å². The highest BCUT2D eigenvalue weighted by atomic mass is 79.9. The van der Waals surface area contributed by atoms with Gasteiger partial charge in [-0.3, -0.25) is 9.36 Å². The van der Waals surface area contributed by atoms with Crippen LogP contribution in [0, 0.1) is 5.82 Å². The first-order valence-electron chi connectivity index (χ1n) is 4.17. The van der Waals surface area contributed by atoms with Crippen LogP contribution >= 0.6 is 15.9 Å². The molecule has 3 nitrogen and oxygen atoms in total. The van der Waals surface area contributed by atoms with E-state index in [1.165, 1.54) is 22.9 Å². The van der Waals surface area contributed by atoms with Gasteiger partial charge in [0, 0.05) is 0 Å². The first kappa shape index (κ1) is 10.0. The molecular weight excluding hydrogens is 263 g/mol. The summed E-state index contributed by atoms with van der Waals surface area (Å²) in [7, 11) is 0. The molecule has 0 aliphatic rings. The Labute approximate surface area is 93.7 Å². The SMILES string of the molecule is O=Cc1ncc(Br)n1-c1cccc(F)c1. The number of nitrogens with zero attached hydrogens (tertiary/aromatic N) is 2. The maximum atomic E-state index is 13.0. The number of hydrogen-bond donors (Lipinski definition) is 0. The Bertz CT molecular complexity index is 510. The zero-order valence-corrected chi connectivity index (χ0v) is 9.11. The van der Waals surface area contributed by atoms with Crippen LogP contribution in [0.25, 0.3) is 5.69 Å². The van der Waals surface area contributed by atoms with Crippen molar-refractivity contribution in [2.45, 2.75) is 0 Å². The third-order valence-electron chi connectivity index (χ3n) is 1.92. The van der Waals surface area contributed by atoms with Crippen molar-refractivity contribution in [2.24, 2.45) is 0 Å². The van der Waals surface area contributed by atoms with E-state index in [4.69, 9.17) is 0 Å². The normalized spacial score (nSPS) is 10.3. The van der Waals surface area contributed by atoms with Gasteiger partial charge in [0.25, 0.3) is 0 Å². The van der Waals surface area contributed by atoms with Gasteiger partial charge in [-0.25, -0.2) is 9.37 Å². The highest BCUT2D eigenvalue weighted by Crippen LogP contribution is 2.19. The number of hydrogen-bond acceptors (Lipinski definition) is 2. The van der Waals surface area contributed by atoms with Crippen molar-refractivity contribution in [1.82, 2.24) is 9.55 Å². The molecule has 0 saturated heterocycles. The summed E-state index contributed by atoms with van der Waals surface area (Å²) in [6.45, 7) is 0. The standard InChI is InChI=1S/C10H6BrFN2O/c11-9-5-13-10(6-15)14(9)8-3-1-2-7(12)4-8/h1-6H. The van der Waals surface area contributed by atoms with Crippen LogP contribution in [0.15, 0.2) is 35.1 Å². The van der Waals surface area contributed by atoms with Gasteiger partial charge in [0.05, 0.1) is 11.9 Å². The van der Waals surface area contributed by atoms with Crippen LogP contribution in [0.3, 0.4) is 0 Å². The smallest absolute Gasteiger partial charge is 0.185 e. The number of imidazole rings is 1. The Balaban J connectivity index is 2.62. The molecule has 0 fully saturated rings. The summed E-state index contributed by atoms with van der Waals surface area (Å²) >= 11 is 3.24. The van der Waals surface area contributed by atoms with Crippen molar-refractivity contribution in [1.29, 1.82) is 0 Å². The summed E-state index contributed by atoms with van der Waals surface area (Å²) in [5.41, 5.74) is 0.557. The predicted octanol–water partition coefficient (Wildman–Crippen LogP) is 2.59. The van der Waals surface area contributed by atoms with Gasteiger partial charge in [-0.05, 0) is 34.1 Å². The van der Waals surface area contributed by atoms with E-state index in [-0.39, 0.29) is 11.6 Å². The van der Waals surface area contributed by atoms with Crippen molar-refractivity contribution in [2.75, 3.05) is 0 Å². The Morgan fingerprint density at radius 2 is 2.27 bits per heavy atom. The van der Waals surface area contributed by atoms with Gasteiger partial charge in [-0.1, -0.05) is 6.07 Å². The molecule has 0 bridgehead atoms. The topological polar surface area (TPSA) is 34.9 Å². The molecule has 0 unspecified atom stereocenters. The predicted molar refractivity (Wildman–Crippen MR) is 56.6 cm³/mol. The molecule has 5 heteroatoms. The Hall–Kier alpha value is -1.49. The first-order chi connectivity index (χ1) is 7.22. The number of carbonyl (C=O) groups excluding carboxylic acids is 1. The molecule has 2 aromatic rings. The molecule has 2 rings (SSSR count). The summed E-state index contributed by atoms with van der Waals surface area (Å²) in [6, 6.07) is 5.95. The van der Waals surface area contributed by atoms with Crippen LogP contribution in [0.2, 0.25) is 0 Å². The van der Waals surface area contributed by atoms with Crippen molar-refractivity contribution >= 4 is 22.2 Å². The quantitative estimate of drug-likeness (QED) is 0.785. The number of carbonyl (C=O) groups is 1. The van der Waals surface area contributed by atoms with Gasteiger partial charge < -0.3 is 0 Å². The third kappa shape index (κ3) is 1.83. The molecule has 1 aromatic carbocycles. The number of rotatable bonds is 2. The molecule has 76 valence electrons. The molecule has 0 N–H and O–H groups in total. The van der Waals surface area contributed by atoms with E-state index in [2.05, 4.69) is 20.9 Å². The summed E-state index contributed by atoms with van der Waals surface area (Å²) in [5.74, 6) is -0.127. The summed E-state index contributed by atoms with van der Waals surface area (Å²) < 4.78 is 15.1. The van der Waals surface area contributed by atoms with E-state index >= 15 is 0 Å². The molecule has 1 heterocycles. The van der Waals surface area contributed by atoms with E-state index in [0.717, 1.165) is 0 Å². The van der Waals surface area contributed by atoms with Gasteiger partial charge in [0.15, 0.2) is 12.1 Å². The van der Waals surface area contributed by atoms with Gasteiger partial charge in [0.2, 0.25) is 0 Å². The maximum absolute atomic E-state index is 13.0. The number of aromatic nitrogens is 2. The minimum Gasteiger partial charge on any atom is -0.294 e. The average molecular weight is 269 g/mol.